The number of unbranched alkanes of at least 4 members (excludes halogenated alkanes) is 1. The molecule has 23 heavy (non-hydrogen) atoms. The first-order valence-electron chi connectivity index (χ1n) is 8.51. The van der Waals surface area contributed by atoms with Gasteiger partial charge in [-0.15, -0.1) is 0 Å². The topological polar surface area (TPSA) is 37.9 Å². The molecule has 128 valence electrons. The largest absolute Gasteiger partial charge is 0.455 e. The molecule has 1 heterocycles. The van der Waals surface area contributed by atoms with Gasteiger partial charge < -0.3 is 9.72 Å². The molecule has 0 aliphatic heterocycles. The molecule has 1 aromatic heterocycles. The molecule has 3 atom stereocenters. The van der Waals surface area contributed by atoms with Crippen molar-refractivity contribution in [2.24, 2.45) is 0 Å². The Balaban J connectivity index is 2.33. The predicted molar refractivity (Wildman–Crippen MR) is 97.9 cm³/mol. The van der Waals surface area contributed by atoms with E-state index in [0.29, 0.717) is 11.7 Å². The van der Waals surface area contributed by atoms with Crippen LogP contribution in [-0.2, 0) is 0 Å². The van der Waals surface area contributed by atoms with E-state index in [-0.39, 0.29) is 0 Å². The van der Waals surface area contributed by atoms with Crippen molar-refractivity contribution in [2.75, 3.05) is 0 Å². The predicted octanol–water partition coefficient (Wildman–Crippen LogP) is 5.84. The van der Waals surface area contributed by atoms with Crippen LogP contribution in [0, 0.1) is 6.92 Å². The highest BCUT2D eigenvalue weighted by atomic mass is 31.0. The van der Waals surface area contributed by atoms with Crippen LogP contribution in [0.25, 0.3) is 11.0 Å². The van der Waals surface area contributed by atoms with Gasteiger partial charge in [0, 0.05) is 18.9 Å². The Hall–Kier alpha value is -1.15. The smallest absolute Gasteiger partial charge is 0.256 e. The van der Waals surface area contributed by atoms with Crippen LogP contribution >= 0.6 is 9.24 Å². The Kier molecular flexibility index (Phi) is 6.02. The number of halogens is 1. The fraction of sp³-hybridized carbons (Fsp3) is 0.611. The van der Waals surface area contributed by atoms with Gasteiger partial charge in [0.15, 0.2) is 0 Å². The van der Waals surface area contributed by atoms with Crippen LogP contribution in [0.1, 0.15) is 70.2 Å². The van der Waals surface area contributed by atoms with Crippen molar-refractivity contribution in [3.63, 3.8) is 0 Å². The Bertz CT molecular complexity index is 648. The van der Waals surface area contributed by atoms with E-state index in [1.54, 1.807) is 0 Å². The van der Waals surface area contributed by atoms with Gasteiger partial charge in [0.2, 0.25) is 0 Å². The van der Waals surface area contributed by atoms with Gasteiger partial charge in [0.1, 0.15) is 11.6 Å². The summed E-state index contributed by atoms with van der Waals surface area (Å²) in [6, 6.07) is 3.82. The molecular formula is C18H28FN2OP. The normalized spacial score (nSPS) is 15.6. The summed E-state index contributed by atoms with van der Waals surface area (Å²) < 4.78 is 19.1. The zero-order chi connectivity index (χ0) is 17.0. The van der Waals surface area contributed by atoms with E-state index in [2.05, 4.69) is 28.1 Å². The number of fused-ring (bicyclic) bond motifs is 1. The Labute approximate surface area is 140 Å². The molecule has 1 N–H and O–H groups in total. The number of benzene rings is 1. The second-order valence-corrected chi connectivity index (χ2v) is 7.50. The van der Waals surface area contributed by atoms with Crippen molar-refractivity contribution in [1.29, 1.82) is 0 Å². The number of imidazole rings is 1. The zero-order valence-electron chi connectivity index (χ0n) is 14.6. The molecule has 3 nitrogen and oxygen atoms in total. The molecule has 3 unspecified atom stereocenters. The summed E-state index contributed by atoms with van der Waals surface area (Å²) in [5, 5.41) is 0. The van der Waals surface area contributed by atoms with Crippen molar-refractivity contribution in [2.45, 2.75) is 71.3 Å². The molecular weight excluding hydrogens is 310 g/mol. The molecule has 0 radical (unpaired) electrons. The molecule has 1 aromatic carbocycles. The lowest BCUT2D eigenvalue weighted by Gasteiger charge is -2.18. The van der Waals surface area contributed by atoms with Crippen molar-refractivity contribution in [1.82, 2.24) is 9.97 Å². The number of H-pyrrole nitrogens is 1. The SMILES string of the molecule is CCCCC(CCC)c1nc2cc(OC(C)(F)P)c(C)cc2[nH]1. The molecule has 0 spiro atoms. The molecule has 0 aliphatic rings. The van der Waals surface area contributed by atoms with Gasteiger partial charge in [-0.25, -0.2) is 4.98 Å². The summed E-state index contributed by atoms with van der Waals surface area (Å²) in [6.45, 7) is 7.72. The number of nitrogens with zero attached hydrogens (tertiary/aromatic N) is 1. The minimum Gasteiger partial charge on any atom is -0.455 e. The standard InChI is InChI=1S/C18H28FN2OP/c1-5-7-9-13(8-6-2)17-20-14-10-12(3)16(11-15(14)21-17)22-18(4,19)23/h10-11,13H,5-9,23H2,1-4H3,(H,20,21). The number of alkyl halides is 1. The van der Waals surface area contributed by atoms with E-state index in [1.165, 1.54) is 19.8 Å². The molecule has 0 amide bonds. The molecule has 0 aliphatic carbocycles. The summed E-state index contributed by atoms with van der Waals surface area (Å²) in [6.07, 6.45) is 5.84. The van der Waals surface area contributed by atoms with E-state index in [1.807, 2.05) is 19.1 Å². The molecule has 0 bridgehead atoms. The summed E-state index contributed by atoms with van der Waals surface area (Å²) in [7, 11) is 2.06. The van der Waals surface area contributed by atoms with Crippen LogP contribution in [0.3, 0.4) is 0 Å². The fourth-order valence-corrected chi connectivity index (χ4v) is 3.03. The van der Waals surface area contributed by atoms with E-state index in [0.717, 1.165) is 41.7 Å². The first kappa shape index (κ1) is 18.2. The average Bonchev–Trinajstić information content (AvgIpc) is 2.84. The van der Waals surface area contributed by atoms with Gasteiger partial charge in [-0.1, -0.05) is 42.3 Å². The van der Waals surface area contributed by atoms with Gasteiger partial charge in [-0.05, 0) is 31.4 Å². The van der Waals surface area contributed by atoms with E-state index >= 15 is 0 Å². The maximum absolute atomic E-state index is 13.7. The second-order valence-electron chi connectivity index (χ2n) is 6.47. The lowest BCUT2D eigenvalue weighted by Crippen LogP contribution is -2.17. The number of ether oxygens (including phenoxy) is 1. The monoisotopic (exact) mass is 338 g/mol. The van der Waals surface area contributed by atoms with Crippen molar-refractivity contribution in [3.05, 3.63) is 23.5 Å². The van der Waals surface area contributed by atoms with Crippen molar-refractivity contribution in [3.8, 4) is 5.75 Å². The Morgan fingerprint density at radius 2 is 2.04 bits per heavy atom. The number of aromatic amines is 1. The third-order valence-corrected chi connectivity index (χ3v) is 4.15. The van der Waals surface area contributed by atoms with Crippen LogP contribution in [-0.4, -0.2) is 15.6 Å². The van der Waals surface area contributed by atoms with Crippen molar-refractivity contribution >= 4 is 20.3 Å². The number of hydrogen-bond donors (Lipinski definition) is 1. The molecule has 2 rings (SSSR count). The lowest BCUT2D eigenvalue weighted by molar-refractivity contribution is 0.0467. The van der Waals surface area contributed by atoms with Crippen LogP contribution < -0.4 is 4.74 Å². The average molecular weight is 338 g/mol. The van der Waals surface area contributed by atoms with E-state index in [9.17, 15) is 4.39 Å². The first-order valence-corrected chi connectivity index (χ1v) is 9.08. The molecule has 2 aromatic rings. The quantitative estimate of drug-likeness (QED) is 0.614. The highest BCUT2D eigenvalue weighted by Crippen LogP contribution is 2.32. The number of aromatic nitrogens is 2. The Morgan fingerprint density at radius 1 is 1.30 bits per heavy atom. The van der Waals surface area contributed by atoms with Crippen LogP contribution in [0.4, 0.5) is 4.39 Å². The maximum atomic E-state index is 13.7. The fourth-order valence-electron chi connectivity index (χ4n) is 2.90. The van der Waals surface area contributed by atoms with Crippen LogP contribution in [0.15, 0.2) is 12.1 Å². The summed E-state index contributed by atoms with van der Waals surface area (Å²) >= 11 is 0. The number of hydrogen-bond acceptors (Lipinski definition) is 2. The van der Waals surface area contributed by atoms with Crippen LogP contribution in [0.5, 0.6) is 5.75 Å². The third kappa shape index (κ3) is 4.91. The molecule has 0 fully saturated rings. The van der Waals surface area contributed by atoms with Gasteiger partial charge in [0.05, 0.1) is 11.0 Å². The van der Waals surface area contributed by atoms with Gasteiger partial charge >= 0.3 is 0 Å². The highest BCUT2D eigenvalue weighted by molar-refractivity contribution is 7.18. The maximum Gasteiger partial charge on any atom is 0.256 e. The molecule has 0 saturated carbocycles. The van der Waals surface area contributed by atoms with Gasteiger partial charge in [-0.3, -0.25) is 0 Å². The summed E-state index contributed by atoms with van der Waals surface area (Å²) in [5.74, 6) is 2.04. The van der Waals surface area contributed by atoms with Crippen LogP contribution in [0.2, 0.25) is 0 Å². The zero-order valence-corrected chi connectivity index (χ0v) is 15.7. The van der Waals surface area contributed by atoms with Gasteiger partial charge in [-0.2, -0.15) is 4.39 Å². The number of nitrogens with one attached hydrogen (secondary N) is 1. The molecule has 5 heteroatoms. The molecule has 0 saturated heterocycles. The number of aryl methyl sites for hydroxylation is 1. The number of rotatable bonds is 8. The van der Waals surface area contributed by atoms with Crippen molar-refractivity contribution < 1.29 is 9.13 Å². The minimum atomic E-state index is -1.77. The lowest BCUT2D eigenvalue weighted by atomic mass is 9.96. The van der Waals surface area contributed by atoms with E-state index < -0.39 is 5.60 Å². The first-order chi connectivity index (χ1) is 10.8. The minimum absolute atomic E-state index is 0.463. The Morgan fingerprint density at radius 3 is 2.65 bits per heavy atom. The summed E-state index contributed by atoms with van der Waals surface area (Å²) in [5.41, 5.74) is 0.961. The third-order valence-electron chi connectivity index (χ3n) is 4.04. The summed E-state index contributed by atoms with van der Waals surface area (Å²) in [4.78, 5) is 8.21. The highest BCUT2D eigenvalue weighted by Gasteiger charge is 2.20. The van der Waals surface area contributed by atoms with Gasteiger partial charge in [0.25, 0.3) is 5.60 Å². The second kappa shape index (κ2) is 7.61. The van der Waals surface area contributed by atoms with E-state index in [4.69, 9.17) is 9.72 Å².